The van der Waals surface area contributed by atoms with Crippen molar-refractivity contribution in [2.45, 2.75) is 32.4 Å². The second-order valence-electron chi connectivity index (χ2n) is 6.19. The number of hydrogen-bond acceptors (Lipinski definition) is 4. The van der Waals surface area contributed by atoms with Gasteiger partial charge in [0.2, 0.25) is 5.91 Å². The number of hydrogen-bond donors (Lipinski definition) is 1. The van der Waals surface area contributed by atoms with Gasteiger partial charge < -0.3 is 10.1 Å². The molecule has 0 fully saturated rings. The predicted molar refractivity (Wildman–Crippen MR) is 81.7 cm³/mol. The largest absolute Gasteiger partial charge is 0.468 e. The molecular formula is C16H23FN2O3. The van der Waals surface area contributed by atoms with Crippen LogP contribution in [0.15, 0.2) is 24.3 Å². The van der Waals surface area contributed by atoms with E-state index in [1.54, 1.807) is 11.9 Å². The number of rotatable bonds is 5. The van der Waals surface area contributed by atoms with E-state index in [0.29, 0.717) is 5.56 Å². The summed E-state index contributed by atoms with van der Waals surface area (Å²) in [6.45, 7) is 5.66. The maximum atomic E-state index is 13.0. The first-order chi connectivity index (χ1) is 10.1. The van der Waals surface area contributed by atoms with E-state index in [2.05, 4.69) is 5.32 Å². The number of carbonyl (C=O) groups is 2. The monoisotopic (exact) mass is 310 g/mol. The minimum Gasteiger partial charge on any atom is -0.468 e. The summed E-state index contributed by atoms with van der Waals surface area (Å²) in [6, 6.07) is 4.80. The lowest BCUT2D eigenvalue weighted by atomic mass is 10.1. The van der Waals surface area contributed by atoms with E-state index in [1.165, 1.54) is 31.4 Å². The smallest absolute Gasteiger partial charge is 0.327 e. The average Bonchev–Trinajstić information content (AvgIpc) is 2.38. The van der Waals surface area contributed by atoms with Gasteiger partial charge in [-0.05, 0) is 45.5 Å². The highest BCUT2D eigenvalue weighted by Gasteiger charge is 2.28. The van der Waals surface area contributed by atoms with Crippen molar-refractivity contribution in [2.24, 2.45) is 0 Å². The molecular weight excluding hydrogens is 287 g/mol. The Balaban J connectivity index is 2.90. The van der Waals surface area contributed by atoms with Gasteiger partial charge in [-0.3, -0.25) is 9.69 Å². The topological polar surface area (TPSA) is 58.6 Å². The van der Waals surface area contributed by atoms with Gasteiger partial charge in [0, 0.05) is 5.54 Å². The third-order valence-corrected chi connectivity index (χ3v) is 2.96. The Labute approximate surface area is 130 Å². The summed E-state index contributed by atoms with van der Waals surface area (Å²) in [4.78, 5) is 25.6. The lowest BCUT2D eigenvalue weighted by Gasteiger charge is -2.28. The third-order valence-electron chi connectivity index (χ3n) is 2.96. The fraction of sp³-hybridized carbons (Fsp3) is 0.500. The Hall–Kier alpha value is -1.95. The van der Waals surface area contributed by atoms with Gasteiger partial charge in [0.25, 0.3) is 0 Å². The lowest BCUT2D eigenvalue weighted by molar-refractivity contribution is -0.147. The van der Waals surface area contributed by atoms with Crippen LogP contribution >= 0.6 is 0 Å². The first-order valence-electron chi connectivity index (χ1n) is 6.98. The van der Waals surface area contributed by atoms with Crippen molar-refractivity contribution < 1.29 is 18.7 Å². The van der Waals surface area contributed by atoms with Crippen LogP contribution in [0.25, 0.3) is 0 Å². The van der Waals surface area contributed by atoms with E-state index in [-0.39, 0.29) is 23.8 Å². The first-order valence-corrected chi connectivity index (χ1v) is 6.98. The van der Waals surface area contributed by atoms with Crippen LogP contribution in [0.5, 0.6) is 0 Å². The molecule has 1 amide bonds. The van der Waals surface area contributed by atoms with Crippen LogP contribution in [-0.2, 0) is 14.3 Å². The fourth-order valence-electron chi connectivity index (χ4n) is 2.10. The molecule has 0 bridgehead atoms. The second kappa shape index (κ2) is 7.35. The number of amides is 1. The van der Waals surface area contributed by atoms with Crippen LogP contribution in [0, 0.1) is 5.82 Å². The van der Waals surface area contributed by atoms with Gasteiger partial charge in [-0.1, -0.05) is 12.1 Å². The molecule has 22 heavy (non-hydrogen) atoms. The predicted octanol–water partition coefficient (Wildman–Crippen LogP) is 1.89. The zero-order valence-corrected chi connectivity index (χ0v) is 13.6. The van der Waals surface area contributed by atoms with Crippen LogP contribution in [-0.4, -0.2) is 43.0 Å². The number of ether oxygens (including phenoxy) is 1. The molecule has 1 atom stereocenters. The number of nitrogens with one attached hydrogen (secondary N) is 1. The van der Waals surface area contributed by atoms with Crippen molar-refractivity contribution in [3.05, 3.63) is 35.6 Å². The standard InChI is InChI=1S/C16H23FN2O3/c1-16(2,3)18-13(20)10-19(4)14(15(21)22-5)11-6-8-12(17)9-7-11/h6-9,14H,10H2,1-5H3,(H,18,20)/t14-/m0/s1. The molecule has 1 aromatic carbocycles. The summed E-state index contributed by atoms with van der Waals surface area (Å²) in [6.07, 6.45) is 0. The van der Waals surface area contributed by atoms with Crippen molar-refractivity contribution in [2.75, 3.05) is 20.7 Å². The molecule has 0 saturated heterocycles. The Bertz CT molecular complexity index is 523. The van der Waals surface area contributed by atoms with Gasteiger partial charge in [0.05, 0.1) is 13.7 Å². The van der Waals surface area contributed by atoms with Crippen LogP contribution in [0.2, 0.25) is 0 Å². The third kappa shape index (κ3) is 5.44. The quantitative estimate of drug-likeness (QED) is 0.844. The Morgan fingerprint density at radius 2 is 1.82 bits per heavy atom. The molecule has 0 unspecified atom stereocenters. The normalized spacial score (nSPS) is 12.9. The number of benzene rings is 1. The van der Waals surface area contributed by atoms with Gasteiger partial charge in [-0.2, -0.15) is 0 Å². The molecule has 5 nitrogen and oxygen atoms in total. The minimum absolute atomic E-state index is 0.0222. The van der Waals surface area contributed by atoms with Gasteiger partial charge in [0.15, 0.2) is 0 Å². The Morgan fingerprint density at radius 3 is 2.27 bits per heavy atom. The van der Waals surface area contributed by atoms with Crippen LogP contribution in [0.3, 0.4) is 0 Å². The number of likely N-dealkylation sites (N-methyl/N-ethyl adjacent to an activating group) is 1. The molecule has 0 aliphatic rings. The summed E-state index contributed by atoms with van der Waals surface area (Å²) in [5.74, 6) is -1.09. The summed E-state index contributed by atoms with van der Waals surface area (Å²) < 4.78 is 17.8. The molecule has 0 aliphatic heterocycles. The number of nitrogens with zero attached hydrogens (tertiary/aromatic N) is 1. The van der Waals surface area contributed by atoms with Crippen molar-refractivity contribution in [1.29, 1.82) is 0 Å². The maximum absolute atomic E-state index is 13.0. The second-order valence-corrected chi connectivity index (χ2v) is 6.19. The van der Waals surface area contributed by atoms with E-state index < -0.39 is 12.0 Å². The first kappa shape index (κ1) is 18.1. The van der Waals surface area contributed by atoms with Crippen LogP contribution in [0.4, 0.5) is 4.39 Å². The van der Waals surface area contributed by atoms with Gasteiger partial charge in [-0.25, -0.2) is 9.18 Å². The SMILES string of the molecule is COC(=O)[C@H](c1ccc(F)cc1)N(C)CC(=O)NC(C)(C)C. The fourth-order valence-corrected chi connectivity index (χ4v) is 2.10. The summed E-state index contributed by atoms with van der Waals surface area (Å²) in [5.41, 5.74) is 0.216. The summed E-state index contributed by atoms with van der Waals surface area (Å²) in [5, 5.41) is 2.83. The van der Waals surface area contributed by atoms with Crippen LogP contribution < -0.4 is 5.32 Å². The molecule has 0 aliphatic carbocycles. The maximum Gasteiger partial charge on any atom is 0.327 e. The van der Waals surface area contributed by atoms with E-state index in [4.69, 9.17) is 4.74 Å². The highest BCUT2D eigenvalue weighted by atomic mass is 19.1. The van der Waals surface area contributed by atoms with Crippen LogP contribution in [0.1, 0.15) is 32.4 Å². The van der Waals surface area contributed by atoms with Crippen molar-refractivity contribution >= 4 is 11.9 Å². The molecule has 1 aromatic rings. The van der Waals surface area contributed by atoms with Crippen molar-refractivity contribution in [3.63, 3.8) is 0 Å². The molecule has 0 saturated carbocycles. The molecule has 1 rings (SSSR count). The zero-order chi connectivity index (χ0) is 16.9. The number of carbonyl (C=O) groups excluding carboxylic acids is 2. The molecule has 0 aromatic heterocycles. The minimum atomic E-state index is -0.767. The van der Waals surface area contributed by atoms with E-state index >= 15 is 0 Å². The highest BCUT2D eigenvalue weighted by molar-refractivity contribution is 5.81. The van der Waals surface area contributed by atoms with Gasteiger partial charge >= 0.3 is 5.97 Å². The molecule has 122 valence electrons. The molecule has 6 heteroatoms. The Morgan fingerprint density at radius 1 is 1.27 bits per heavy atom. The van der Waals surface area contributed by atoms with E-state index in [1.807, 2.05) is 20.8 Å². The molecule has 0 spiro atoms. The molecule has 0 heterocycles. The Kier molecular flexibility index (Phi) is 6.05. The number of esters is 1. The van der Waals surface area contributed by atoms with Crippen molar-refractivity contribution in [3.8, 4) is 0 Å². The van der Waals surface area contributed by atoms with Gasteiger partial charge in [0.1, 0.15) is 11.9 Å². The molecule has 1 N–H and O–H groups in total. The number of halogens is 1. The lowest BCUT2D eigenvalue weighted by Crippen LogP contribution is -2.46. The summed E-state index contributed by atoms with van der Waals surface area (Å²) >= 11 is 0. The number of methoxy groups -OCH3 is 1. The molecule has 0 radical (unpaired) electrons. The van der Waals surface area contributed by atoms with Crippen molar-refractivity contribution in [1.82, 2.24) is 10.2 Å². The zero-order valence-electron chi connectivity index (χ0n) is 13.6. The average molecular weight is 310 g/mol. The van der Waals surface area contributed by atoms with E-state index in [0.717, 1.165) is 0 Å². The summed E-state index contributed by atoms with van der Waals surface area (Å²) in [7, 11) is 2.93. The van der Waals surface area contributed by atoms with E-state index in [9.17, 15) is 14.0 Å². The highest BCUT2D eigenvalue weighted by Crippen LogP contribution is 2.21. The van der Waals surface area contributed by atoms with Gasteiger partial charge in [-0.15, -0.1) is 0 Å².